The van der Waals surface area contributed by atoms with E-state index in [0.29, 0.717) is 19.4 Å². The van der Waals surface area contributed by atoms with Crippen molar-refractivity contribution in [2.45, 2.75) is 51.6 Å². The van der Waals surface area contributed by atoms with Gasteiger partial charge in [0.2, 0.25) is 5.91 Å². The Bertz CT molecular complexity index is 966. The summed E-state index contributed by atoms with van der Waals surface area (Å²) in [7, 11) is -3.71. The number of hydrogen-bond acceptors (Lipinski definition) is 4. The first kappa shape index (κ1) is 20.5. The summed E-state index contributed by atoms with van der Waals surface area (Å²) in [5, 5.41) is 3.01. The number of imidazole rings is 1. The molecule has 1 unspecified atom stereocenters. The Balaban J connectivity index is 1.74. The summed E-state index contributed by atoms with van der Waals surface area (Å²) in [6.07, 6.45) is 4.41. The van der Waals surface area contributed by atoms with Crippen LogP contribution in [0, 0.1) is 19.8 Å². The van der Waals surface area contributed by atoms with Gasteiger partial charge in [-0.05, 0) is 57.7 Å². The maximum atomic E-state index is 13.0. The van der Waals surface area contributed by atoms with Gasteiger partial charge in [-0.2, -0.15) is 4.31 Å². The number of anilines is 1. The highest BCUT2D eigenvalue weighted by molar-refractivity contribution is 7.89. The molecule has 1 aromatic heterocycles. The molecule has 1 aromatic carbocycles. The molecule has 1 amide bonds. The fraction of sp³-hybridized carbons (Fsp3) is 0.500. The lowest BCUT2D eigenvalue weighted by atomic mass is 9.98. The van der Waals surface area contributed by atoms with Gasteiger partial charge in [-0.15, -0.1) is 0 Å². The van der Waals surface area contributed by atoms with E-state index >= 15 is 0 Å². The van der Waals surface area contributed by atoms with Crippen molar-refractivity contribution in [2.24, 2.45) is 5.92 Å². The van der Waals surface area contributed by atoms with Crippen LogP contribution >= 0.6 is 0 Å². The first-order chi connectivity index (χ1) is 13.2. The van der Waals surface area contributed by atoms with Gasteiger partial charge in [0.15, 0.2) is 5.03 Å². The molecule has 0 spiro atoms. The summed E-state index contributed by atoms with van der Waals surface area (Å²) in [4.78, 5) is 16.9. The fourth-order valence-electron chi connectivity index (χ4n) is 3.35. The van der Waals surface area contributed by atoms with E-state index in [1.54, 1.807) is 10.8 Å². The number of aryl methyl sites for hydroxylation is 2. The second kappa shape index (κ2) is 8.05. The Morgan fingerprint density at radius 2 is 2.04 bits per heavy atom. The second-order valence-corrected chi connectivity index (χ2v) is 9.65. The van der Waals surface area contributed by atoms with E-state index in [9.17, 15) is 13.2 Å². The van der Waals surface area contributed by atoms with E-state index < -0.39 is 10.0 Å². The largest absolute Gasteiger partial charge is 0.334 e. The zero-order valence-electron chi connectivity index (χ0n) is 16.8. The lowest BCUT2D eigenvalue weighted by Crippen LogP contribution is -2.43. The molecule has 3 rings (SSSR count). The molecule has 8 heteroatoms. The molecular weight excluding hydrogens is 376 g/mol. The summed E-state index contributed by atoms with van der Waals surface area (Å²) in [6.45, 7) is 8.43. The first-order valence-corrected chi connectivity index (χ1v) is 11.0. The summed E-state index contributed by atoms with van der Waals surface area (Å²) < 4.78 is 29.1. The average molecular weight is 405 g/mol. The molecule has 0 bridgehead atoms. The van der Waals surface area contributed by atoms with Crippen LogP contribution in [0.1, 0.15) is 43.9 Å². The van der Waals surface area contributed by atoms with Crippen molar-refractivity contribution in [3.05, 3.63) is 41.9 Å². The summed E-state index contributed by atoms with van der Waals surface area (Å²) >= 11 is 0. The van der Waals surface area contributed by atoms with Crippen molar-refractivity contribution in [3.63, 3.8) is 0 Å². The van der Waals surface area contributed by atoms with Gasteiger partial charge in [0.25, 0.3) is 10.0 Å². The normalized spacial score (nSPS) is 18.4. The predicted octanol–water partition coefficient (Wildman–Crippen LogP) is 3.12. The number of carbonyl (C=O) groups is 1. The van der Waals surface area contributed by atoms with Gasteiger partial charge in [-0.1, -0.05) is 12.1 Å². The SMILES string of the molecule is Cc1ccc(C)c(NC(=O)C2CCCN(S(=O)(=O)c3cn(C(C)C)cn3)C2)c1. The van der Waals surface area contributed by atoms with Gasteiger partial charge >= 0.3 is 0 Å². The Morgan fingerprint density at radius 1 is 1.29 bits per heavy atom. The number of sulfonamides is 1. The minimum Gasteiger partial charge on any atom is -0.334 e. The van der Waals surface area contributed by atoms with E-state index in [2.05, 4.69) is 10.3 Å². The Kier molecular flexibility index (Phi) is 5.90. The van der Waals surface area contributed by atoms with E-state index in [-0.39, 0.29) is 29.4 Å². The number of hydrogen-bond donors (Lipinski definition) is 1. The van der Waals surface area contributed by atoms with Crippen molar-refractivity contribution < 1.29 is 13.2 Å². The van der Waals surface area contributed by atoms with Gasteiger partial charge in [-0.25, -0.2) is 13.4 Å². The van der Waals surface area contributed by atoms with Crippen LogP contribution in [0.2, 0.25) is 0 Å². The monoisotopic (exact) mass is 404 g/mol. The first-order valence-electron chi connectivity index (χ1n) is 9.60. The van der Waals surface area contributed by atoms with E-state index in [4.69, 9.17) is 0 Å². The van der Waals surface area contributed by atoms with Crippen LogP contribution in [0.15, 0.2) is 35.7 Å². The number of nitrogens with one attached hydrogen (secondary N) is 1. The van der Waals surface area contributed by atoms with Crippen molar-refractivity contribution in [3.8, 4) is 0 Å². The number of nitrogens with zero attached hydrogens (tertiary/aromatic N) is 3. The molecule has 1 aliphatic heterocycles. The molecular formula is C20H28N4O3S. The van der Waals surface area contributed by atoms with Gasteiger partial charge < -0.3 is 9.88 Å². The number of benzene rings is 1. The third-order valence-electron chi connectivity index (χ3n) is 5.18. The van der Waals surface area contributed by atoms with E-state index in [1.807, 2.05) is 45.9 Å². The molecule has 28 heavy (non-hydrogen) atoms. The van der Waals surface area contributed by atoms with Crippen LogP contribution in [0.5, 0.6) is 0 Å². The molecule has 152 valence electrons. The lowest BCUT2D eigenvalue weighted by Gasteiger charge is -2.30. The smallest absolute Gasteiger partial charge is 0.262 e. The highest BCUT2D eigenvalue weighted by Crippen LogP contribution is 2.25. The van der Waals surface area contributed by atoms with E-state index in [1.165, 1.54) is 10.6 Å². The van der Waals surface area contributed by atoms with Crippen LogP contribution in [0.3, 0.4) is 0 Å². The molecule has 0 radical (unpaired) electrons. The van der Waals surface area contributed by atoms with Gasteiger partial charge in [0.05, 0.1) is 12.2 Å². The van der Waals surface area contributed by atoms with Crippen molar-refractivity contribution >= 4 is 21.6 Å². The molecule has 2 heterocycles. The maximum absolute atomic E-state index is 13.0. The Hall–Kier alpha value is -2.19. The fourth-order valence-corrected chi connectivity index (χ4v) is 4.79. The highest BCUT2D eigenvalue weighted by atomic mass is 32.2. The van der Waals surface area contributed by atoms with Crippen molar-refractivity contribution in [1.29, 1.82) is 0 Å². The molecule has 1 aliphatic rings. The molecule has 2 aromatic rings. The number of rotatable bonds is 5. The molecule has 1 fully saturated rings. The summed E-state index contributed by atoms with van der Waals surface area (Å²) in [5.41, 5.74) is 2.83. The molecule has 0 aliphatic carbocycles. The number of amides is 1. The van der Waals surface area contributed by atoms with Crippen LogP contribution in [0.4, 0.5) is 5.69 Å². The molecule has 1 N–H and O–H groups in total. The van der Waals surface area contributed by atoms with Crippen LogP contribution in [0.25, 0.3) is 0 Å². The summed E-state index contributed by atoms with van der Waals surface area (Å²) in [5.74, 6) is -0.517. The number of piperidine rings is 1. The lowest BCUT2D eigenvalue weighted by molar-refractivity contribution is -0.120. The zero-order valence-corrected chi connectivity index (χ0v) is 17.7. The molecule has 7 nitrogen and oxygen atoms in total. The minimum atomic E-state index is -3.71. The number of aromatic nitrogens is 2. The molecule has 1 saturated heterocycles. The third-order valence-corrected chi connectivity index (χ3v) is 6.94. The van der Waals surface area contributed by atoms with Gasteiger partial charge in [0, 0.05) is 31.0 Å². The van der Waals surface area contributed by atoms with Crippen molar-refractivity contribution in [2.75, 3.05) is 18.4 Å². The number of carbonyl (C=O) groups excluding carboxylic acids is 1. The van der Waals surface area contributed by atoms with E-state index in [0.717, 1.165) is 16.8 Å². The van der Waals surface area contributed by atoms with Crippen LogP contribution < -0.4 is 5.32 Å². The van der Waals surface area contributed by atoms with Crippen LogP contribution in [-0.2, 0) is 14.8 Å². The zero-order chi connectivity index (χ0) is 20.5. The topological polar surface area (TPSA) is 84.3 Å². The molecule has 0 saturated carbocycles. The standard InChI is InChI=1S/C20H28N4O3S/c1-14(2)23-12-19(21-13-23)28(26,27)24-9-5-6-17(11-24)20(25)22-18-10-15(3)7-8-16(18)4/h7-8,10,12-14,17H,5-6,9,11H2,1-4H3,(H,22,25). The summed E-state index contributed by atoms with van der Waals surface area (Å²) in [6, 6.07) is 6.03. The van der Waals surface area contributed by atoms with Crippen molar-refractivity contribution in [1.82, 2.24) is 13.9 Å². The minimum absolute atomic E-state index is 0.0387. The maximum Gasteiger partial charge on any atom is 0.262 e. The predicted molar refractivity (Wildman–Crippen MR) is 109 cm³/mol. The van der Waals surface area contributed by atoms with Gasteiger partial charge in [0.1, 0.15) is 0 Å². The second-order valence-electron chi connectivity index (χ2n) is 7.76. The Labute approximate surface area is 166 Å². The highest BCUT2D eigenvalue weighted by Gasteiger charge is 2.34. The Morgan fingerprint density at radius 3 is 2.71 bits per heavy atom. The van der Waals surface area contributed by atoms with Crippen LogP contribution in [-0.4, -0.2) is 41.3 Å². The third kappa shape index (κ3) is 4.28. The quantitative estimate of drug-likeness (QED) is 0.830. The average Bonchev–Trinajstić information content (AvgIpc) is 3.16. The van der Waals surface area contributed by atoms with Gasteiger partial charge in [-0.3, -0.25) is 4.79 Å². The molecule has 1 atom stereocenters.